The number of carboxylic acids is 1. The topological polar surface area (TPSA) is 54.6 Å². The Hall–Kier alpha value is -1.98. The van der Waals surface area contributed by atoms with Gasteiger partial charge in [-0.15, -0.1) is 0 Å². The molecule has 90 valence electrons. The van der Waals surface area contributed by atoms with Gasteiger partial charge in [0.1, 0.15) is 5.65 Å². The average Bonchev–Trinajstić information content (AvgIpc) is 2.56. The summed E-state index contributed by atoms with van der Waals surface area (Å²) in [7, 11) is 0. The number of aromatic nitrogens is 2. The molecule has 0 aromatic carbocycles. The number of rotatable bonds is 3. The number of halogens is 2. The van der Waals surface area contributed by atoms with Crippen LogP contribution in [0.1, 0.15) is 23.2 Å². The summed E-state index contributed by atoms with van der Waals surface area (Å²) in [5.41, 5.74) is 1.06. The van der Waals surface area contributed by atoms with Gasteiger partial charge in [-0.05, 0) is 18.6 Å². The molecule has 6 heteroatoms. The van der Waals surface area contributed by atoms with E-state index in [0.29, 0.717) is 16.9 Å². The van der Waals surface area contributed by atoms with Crippen LogP contribution in [0, 0.1) is 6.92 Å². The Morgan fingerprint density at radius 3 is 2.82 bits per heavy atom. The number of hydrogen-bond donors (Lipinski definition) is 1. The first kappa shape index (κ1) is 11.5. The molecule has 4 nitrogen and oxygen atoms in total. The van der Waals surface area contributed by atoms with E-state index in [9.17, 15) is 13.6 Å². The zero-order valence-corrected chi connectivity index (χ0v) is 9.02. The molecule has 1 N–H and O–H groups in total. The van der Waals surface area contributed by atoms with Crippen molar-refractivity contribution in [2.75, 3.05) is 0 Å². The van der Waals surface area contributed by atoms with Crippen LogP contribution >= 0.6 is 0 Å². The molecule has 0 unspecified atom stereocenters. The van der Waals surface area contributed by atoms with Crippen molar-refractivity contribution in [3.63, 3.8) is 0 Å². The predicted molar refractivity (Wildman–Crippen MR) is 56.2 cm³/mol. The Morgan fingerprint density at radius 1 is 1.53 bits per heavy atom. The molecular formula is C11H10F2N2O2. The lowest BCUT2D eigenvalue weighted by molar-refractivity contribution is -0.136. The quantitative estimate of drug-likeness (QED) is 0.894. The molecule has 0 radical (unpaired) electrons. The summed E-state index contributed by atoms with van der Waals surface area (Å²) in [6.45, 7) is 1.58. The molecule has 2 aromatic heterocycles. The second kappa shape index (κ2) is 4.12. The molecule has 0 amide bonds. The number of aryl methyl sites for hydroxylation is 1. The third-order valence-corrected chi connectivity index (χ3v) is 2.45. The summed E-state index contributed by atoms with van der Waals surface area (Å²) in [6.07, 6.45) is 0.283. The van der Waals surface area contributed by atoms with Crippen molar-refractivity contribution in [1.29, 1.82) is 0 Å². The predicted octanol–water partition coefficient (Wildman–Crippen LogP) is 2.21. The molecule has 2 heterocycles. The molecule has 0 bridgehead atoms. The summed E-state index contributed by atoms with van der Waals surface area (Å²) < 4.78 is 26.8. The van der Waals surface area contributed by atoms with E-state index >= 15 is 0 Å². The monoisotopic (exact) mass is 240 g/mol. The lowest BCUT2D eigenvalue weighted by Gasteiger charge is -2.04. The Balaban J connectivity index is 2.50. The fraction of sp³-hybridized carbons (Fsp3) is 0.273. The Labute approximate surface area is 95.5 Å². The molecule has 0 spiro atoms. The molecule has 0 saturated heterocycles. The molecule has 0 aliphatic carbocycles. The highest BCUT2D eigenvalue weighted by Crippen LogP contribution is 2.24. The third kappa shape index (κ3) is 2.25. The van der Waals surface area contributed by atoms with Gasteiger partial charge in [0.15, 0.2) is 0 Å². The molecule has 0 fully saturated rings. The van der Waals surface area contributed by atoms with E-state index in [1.165, 1.54) is 18.5 Å². The maximum Gasteiger partial charge on any atom is 0.309 e. The molecular weight excluding hydrogens is 230 g/mol. The van der Waals surface area contributed by atoms with E-state index in [-0.39, 0.29) is 12.0 Å². The van der Waals surface area contributed by atoms with Crippen molar-refractivity contribution in [1.82, 2.24) is 9.38 Å². The minimum atomic E-state index is -2.56. The van der Waals surface area contributed by atoms with Gasteiger partial charge in [-0.1, -0.05) is 0 Å². The van der Waals surface area contributed by atoms with E-state index in [4.69, 9.17) is 5.11 Å². The highest BCUT2D eigenvalue weighted by Gasteiger charge is 2.13. The summed E-state index contributed by atoms with van der Waals surface area (Å²) in [6, 6.07) is 1.28. The van der Waals surface area contributed by atoms with Crippen molar-refractivity contribution in [2.24, 2.45) is 0 Å². The lowest BCUT2D eigenvalue weighted by Crippen LogP contribution is -1.99. The van der Waals surface area contributed by atoms with Gasteiger partial charge in [-0.3, -0.25) is 4.79 Å². The Bertz CT molecular complexity index is 578. The number of imidazole rings is 1. The van der Waals surface area contributed by atoms with Crippen molar-refractivity contribution < 1.29 is 18.7 Å². The smallest absolute Gasteiger partial charge is 0.309 e. The number of nitrogens with zero attached hydrogens (tertiary/aromatic N) is 2. The largest absolute Gasteiger partial charge is 0.481 e. The highest BCUT2D eigenvalue weighted by atomic mass is 19.3. The van der Waals surface area contributed by atoms with Crippen LogP contribution in [-0.2, 0) is 11.2 Å². The molecule has 0 aliphatic rings. The number of alkyl halides is 2. The first-order valence-electron chi connectivity index (χ1n) is 4.95. The van der Waals surface area contributed by atoms with Gasteiger partial charge in [-0.2, -0.15) is 0 Å². The lowest BCUT2D eigenvalue weighted by atomic mass is 10.1. The standard InChI is InChI=1S/C11H10F2N2O2/c1-6-4-15-5-7(2-10(16)17)14-9(15)3-8(6)11(12)13/h3-5,11H,2H2,1H3,(H,16,17). The molecule has 0 aliphatic heterocycles. The van der Waals surface area contributed by atoms with Crippen LogP contribution in [0.2, 0.25) is 0 Å². The maximum absolute atomic E-state index is 12.6. The zero-order chi connectivity index (χ0) is 12.6. The van der Waals surface area contributed by atoms with Gasteiger partial charge in [0.2, 0.25) is 0 Å². The summed E-state index contributed by atoms with van der Waals surface area (Å²) >= 11 is 0. The minimum Gasteiger partial charge on any atom is -0.481 e. The van der Waals surface area contributed by atoms with Crippen molar-refractivity contribution in [3.05, 3.63) is 35.3 Å². The SMILES string of the molecule is Cc1cn2cc(CC(=O)O)nc2cc1C(F)F. The normalized spacial score (nSPS) is 11.3. The zero-order valence-electron chi connectivity index (χ0n) is 9.02. The second-order valence-corrected chi connectivity index (χ2v) is 3.78. The molecule has 17 heavy (non-hydrogen) atoms. The van der Waals surface area contributed by atoms with E-state index in [0.717, 1.165) is 0 Å². The van der Waals surface area contributed by atoms with E-state index in [1.54, 1.807) is 11.3 Å². The molecule has 2 aromatic rings. The second-order valence-electron chi connectivity index (χ2n) is 3.78. The fourth-order valence-corrected chi connectivity index (χ4v) is 1.68. The Kier molecular flexibility index (Phi) is 2.79. The number of fused-ring (bicyclic) bond motifs is 1. The van der Waals surface area contributed by atoms with Gasteiger partial charge in [-0.25, -0.2) is 13.8 Å². The maximum atomic E-state index is 12.6. The average molecular weight is 240 g/mol. The summed E-state index contributed by atoms with van der Waals surface area (Å²) in [4.78, 5) is 14.5. The fourth-order valence-electron chi connectivity index (χ4n) is 1.68. The number of carbonyl (C=O) groups is 1. The van der Waals surface area contributed by atoms with Gasteiger partial charge in [0.05, 0.1) is 12.1 Å². The first-order chi connectivity index (χ1) is 7.97. The number of aliphatic carboxylic acids is 1. The van der Waals surface area contributed by atoms with Crippen LogP contribution in [0.25, 0.3) is 5.65 Å². The summed E-state index contributed by atoms with van der Waals surface area (Å²) in [5, 5.41) is 8.62. The van der Waals surface area contributed by atoms with Crippen LogP contribution in [0.5, 0.6) is 0 Å². The van der Waals surface area contributed by atoms with Gasteiger partial charge in [0.25, 0.3) is 6.43 Å². The summed E-state index contributed by atoms with van der Waals surface area (Å²) in [5.74, 6) is -1.00. The van der Waals surface area contributed by atoms with Crippen LogP contribution < -0.4 is 0 Å². The van der Waals surface area contributed by atoms with Crippen LogP contribution in [0.15, 0.2) is 18.5 Å². The van der Waals surface area contributed by atoms with E-state index in [2.05, 4.69) is 4.98 Å². The van der Waals surface area contributed by atoms with Crippen LogP contribution in [0.3, 0.4) is 0 Å². The van der Waals surface area contributed by atoms with Gasteiger partial charge >= 0.3 is 5.97 Å². The molecule has 0 saturated carbocycles. The number of hydrogen-bond acceptors (Lipinski definition) is 2. The van der Waals surface area contributed by atoms with Crippen LogP contribution in [0.4, 0.5) is 8.78 Å². The van der Waals surface area contributed by atoms with Gasteiger partial charge < -0.3 is 9.51 Å². The molecule has 2 rings (SSSR count). The third-order valence-electron chi connectivity index (χ3n) is 2.45. The first-order valence-corrected chi connectivity index (χ1v) is 4.95. The van der Waals surface area contributed by atoms with E-state index in [1.807, 2.05) is 0 Å². The number of carboxylic acid groups (broad SMARTS) is 1. The van der Waals surface area contributed by atoms with Crippen molar-refractivity contribution >= 4 is 11.6 Å². The van der Waals surface area contributed by atoms with Gasteiger partial charge in [0, 0.05) is 18.0 Å². The van der Waals surface area contributed by atoms with Crippen molar-refractivity contribution in [2.45, 2.75) is 19.8 Å². The van der Waals surface area contributed by atoms with Crippen LogP contribution in [-0.4, -0.2) is 20.5 Å². The Morgan fingerprint density at radius 2 is 2.24 bits per heavy atom. The van der Waals surface area contributed by atoms with Crippen molar-refractivity contribution in [3.8, 4) is 0 Å². The minimum absolute atomic E-state index is 0.0787. The number of pyridine rings is 1. The highest BCUT2D eigenvalue weighted by molar-refractivity contribution is 5.69. The molecule has 0 atom stereocenters. The van der Waals surface area contributed by atoms with E-state index < -0.39 is 12.4 Å².